The fraction of sp³-hybridized carbons (Fsp3) is 0.133. The van der Waals surface area contributed by atoms with E-state index in [0.717, 1.165) is 0 Å². The zero-order chi connectivity index (χ0) is 14.7. The zero-order valence-corrected chi connectivity index (χ0v) is 11.5. The van der Waals surface area contributed by atoms with E-state index in [-0.39, 0.29) is 5.69 Å². The first-order valence-corrected chi connectivity index (χ1v) is 6.63. The molecule has 1 heterocycles. The molecule has 0 saturated carbocycles. The number of rotatable bonds is 4. The van der Waals surface area contributed by atoms with Gasteiger partial charge in [0.15, 0.2) is 0 Å². The minimum Gasteiger partial charge on any atom is -0.494 e. The average molecular weight is 282 g/mol. The molecule has 106 valence electrons. The lowest BCUT2D eigenvalue weighted by Gasteiger charge is -2.04. The van der Waals surface area contributed by atoms with Crippen LogP contribution < -0.4 is 10.4 Å². The Morgan fingerprint density at radius 1 is 0.952 bits per heavy atom. The van der Waals surface area contributed by atoms with Gasteiger partial charge in [0.2, 0.25) is 0 Å². The molecule has 0 radical (unpaired) electrons. The Hall–Kier alpha value is -2.89. The highest BCUT2D eigenvalue weighted by Gasteiger charge is 2.10. The second kappa shape index (κ2) is 5.62. The van der Waals surface area contributed by atoms with Gasteiger partial charge in [0.1, 0.15) is 5.75 Å². The van der Waals surface area contributed by atoms with Crippen LogP contribution in [0.15, 0.2) is 59.4 Å². The van der Waals surface area contributed by atoms with Crippen molar-refractivity contribution in [2.45, 2.75) is 6.92 Å². The Kier molecular flexibility index (Phi) is 3.51. The Balaban J connectivity index is 2.03. The fourth-order valence-electron chi connectivity index (χ4n) is 2.01. The van der Waals surface area contributed by atoms with E-state index < -0.39 is 0 Å². The molecule has 0 aliphatic carbocycles. The van der Waals surface area contributed by atoms with Gasteiger partial charge < -0.3 is 4.74 Å². The van der Waals surface area contributed by atoms with Crippen molar-refractivity contribution in [3.05, 3.63) is 65.1 Å². The number of aromatic nitrogens is 4. The molecule has 0 aliphatic rings. The topological polar surface area (TPSA) is 61.9 Å². The van der Waals surface area contributed by atoms with E-state index in [1.54, 1.807) is 24.3 Å². The first-order valence-electron chi connectivity index (χ1n) is 6.63. The van der Waals surface area contributed by atoms with Crippen molar-refractivity contribution in [2.24, 2.45) is 0 Å². The van der Waals surface area contributed by atoms with Crippen molar-refractivity contribution in [2.75, 3.05) is 6.61 Å². The first kappa shape index (κ1) is 13.1. The highest BCUT2D eigenvalue weighted by atomic mass is 16.5. The van der Waals surface area contributed by atoms with Gasteiger partial charge in [-0.05, 0) is 41.6 Å². The quantitative estimate of drug-likeness (QED) is 0.732. The summed E-state index contributed by atoms with van der Waals surface area (Å²) in [5, 5.41) is 7.84. The number of tetrazole rings is 1. The van der Waals surface area contributed by atoms with Gasteiger partial charge in [-0.2, -0.15) is 9.36 Å². The van der Waals surface area contributed by atoms with Crippen molar-refractivity contribution in [1.29, 1.82) is 0 Å². The second-order valence-corrected chi connectivity index (χ2v) is 4.35. The summed E-state index contributed by atoms with van der Waals surface area (Å²) in [6.07, 6.45) is 0. The number of hydrogen-bond donors (Lipinski definition) is 0. The van der Waals surface area contributed by atoms with Gasteiger partial charge in [-0.15, -0.1) is 0 Å². The van der Waals surface area contributed by atoms with Gasteiger partial charge in [-0.25, -0.2) is 4.79 Å². The smallest absolute Gasteiger partial charge is 0.373 e. The van der Waals surface area contributed by atoms with Gasteiger partial charge in [0.25, 0.3) is 0 Å². The molecule has 3 aromatic rings. The van der Waals surface area contributed by atoms with Crippen molar-refractivity contribution in [3.63, 3.8) is 0 Å². The summed E-state index contributed by atoms with van der Waals surface area (Å²) in [4.78, 5) is 12.4. The maximum atomic E-state index is 12.4. The first-order chi connectivity index (χ1) is 10.3. The Morgan fingerprint density at radius 3 is 2.33 bits per heavy atom. The van der Waals surface area contributed by atoms with Crippen molar-refractivity contribution in [3.8, 4) is 17.1 Å². The molecule has 0 bridgehead atoms. The molecule has 1 aromatic heterocycles. The van der Waals surface area contributed by atoms with Gasteiger partial charge in [0.05, 0.1) is 18.0 Å². The summed E-state index contributed by atoms with van der Waals surface area (Å²) in [6.45, 7) is 2.47. The number of benzene rings is 2. The summed E-state index contributed by atoms with van der Waals surface area (Å²) in [7, 11) is 0. The molecule has 0 unspecified atom stereocenters. The molecule has 3 rings (SSSR count). The van der Waals surface area contributed by atoms with E-state index >= 15 is 0 Å². The standard InChI is InChI=1S/C15H14N4O2/c1-2-21-14-10-6-9-13(11-14)19-15(20)18(16-17-19)12-7-4-3-5-8-12/h3-11H,2H2,1H3. The van der Waals surface area contributed by atoms with E-state index in [2.05, 4.69) is 10.4 Å². The van der Waals surface area contributed by atoms with E-state index in [1.165, 1.54) is 9.36 Å². The molecule has 0 aliphatic heterocycles. The third kappa shape index (κ3) is 2.55. The lowest BCUT2D eigenvalue weighted by molar-refractivity contribution is 0.340. The average Bonchev–Trinajstić information content (AvgIpc) is 2.90. The number of ether oxygens (including phenoxy) is 1. The molecule has 0 amide bonds. The Bertz CT molecular complexity index is 793. The Morgan fingerprint density at radius 2 is 1.62 bits per heavy atom. The highest BCUT2D eigenvalue weighted by Crippen LogP contribution is 2.15. The number of hydrogen-bond acceptors (Lipinski definition) is 4. The van der Waals surface area contributed by atoms with Crippen molar-refractivity contribution >= 4 is 0 Å². The lowest BCUT2D eigenvalue weighted by atomic mass is 10.3. The van der Waals surface area contributed by atoms with Gasteiger partial charge >= 0.3 is 5.69 Å². The predicted octanol–water partition coefficient (Wildman–Crippen LogP) is 1.82. The van der Waals surface area contributed by atoms with Crippen LogP contribution in [0.1, 0.15) is 6.92 Å². The molecule has 6 heteroatoms. The second-order valence-electron chi connectivity index (χ2n) is 4.35. The van der Waals surface area contributed by atoms with E-state index in [0.29, 0.717) is 23.7 Å². The molecule has 2 aromatic carbocycles. The molecule has 0 fully saturated rings. The molecular formula is C15H14N4O2. The van der Waals surface area contributed by atoms with Gasteiger partial charge in [-0.1, -0.05) is 24.3 Å². The molecular weight excluding hydrogens is 268 g/mol. The SMILES string of the molecule is CCOc1cccc(-n2nnn(-c3ccccc3)c2=O)c1. The molecule has 21 heavy (non-hydrogen) atoms. The highest BCUT2D eigenvalue weighted by molar-refractivity contribution is 5.38. The van der Waals surface area contributed by atoms with Gasteiger partial charge in [0, 0.05) is 6.07 Å². The molecule has 0 atom stereocenters. The summed E-state index contributed by atoms with van der Waals surface area (Å²) in [5.74, 6) is 0.691. The minimum absolute atomic E-state index is 0.324. The summed E-state index contributed by atoms with van der Waals surface area (Å²) < 4.78 is 7.93. The monoisotopic (exact) mass is 282 g/mol. The molecule has 6 nitrogen and oxygen atoms in total. The summed E-state index contributed by atoms with van der Waals surface area (Å²) in [5.41, 5.74) is 0.970. The van der Waals surface area contributed by atoms with Crippen molar-refractivity contribution < 1.29 is 4.74 Å². The maximum Gasteiger partial charge on any atom is 0.373 e. The normalized spacial score (nSPS) is 10.5. The van der Waals surface area contributed by atoms with E-state index in [1.807, 2.05) is 37.3 Å². The summed E-state index contributed by atoms with van der Waals surface area (Å²) >= 11 is 0. The molecule has 0 saturated heterocycles. The Labute approximate surface area is 121 Å². The van der Waals surface area contributed by atoms with Crippen LogP contribution in [0.3, 0.4) is 0 Å². The van der Waals surface area contributed by atoms with Gasteiger partial charge in [-0.3, -0.25) is 0 Å². The number of para-hydroxylation sites is 1. The van der Waals surface area contributed by atoms with Crippen LogP contribution in [-0.4, -0.2) is 26.4 Å². The van der Waals surface area contributed by atoms with Crippen LogP contribution in [0.2, 0.25) is 0 Å². The lowest BCUT2D eigenvalue weighted by Crippen LogP contribution is -2.23. The molecule has 0 N–H and O–H groups in total. The third-order valence-corrected chi connectivity index (χ3v) is 2.96. The summed E-state index contributed by atoms with van der Waals surface area (Å²) in [6, 6.07) is 16.4. The molecule has 0 spiro atoms. The van der Waals surface area contributed by atoms with Crippen LogP contribution in [0.4, 0.5) is 0 Å². The van der Waals surface area contributed by atoms with E-state index in [4.69, 9.17) is 4.74 Å². The van der Waals surface area contributed by atoms with Crippen LogP contribution in [0.5, 0.6) is 5.75 Å². The number of nitrogens with zero attached hydrogens (tertiary/aromatic N) is 4. The van der Waals surface area contributed by atoms with Crippen LogP contribution in [0, 0.1) is 0 Å². The van der Waals surface area contributed by atoms with E-state index in [9.17, 15) is 4.79 Å². The predicted molar refractivity (Wildman–Crippen MR) is 78.1 cm³/mol. The maximum absolute atomic E-state index is 12.4. The van der Waals surface area contributed by atoms with Crippen LogP contribution >= 0.6 is 0 Å². The minimum atomic E-state index is -0.324. The van der Waals surface area contributed by atoms with Crippen LogP contribution in [0.25, 0.3) is 11.4 Å². The third-order valence-electron chi connectivity index (χ3n) is 2.96. The fourth-order valence-corrected chi connectivity index (χ4v) is 2.01. The largest absolute Gasteiger partial charge is 0.494 e. The van der Waals surface area contributed by atoms with Crippen LogP contribution in [-0.2, 0) is 0 Å². The zero-order valence-electron chi connectivity index (χ0n) is 11.5. The van der Waals surface area contributed by atoms with Crippen molar-refractivity contribution in [1.82, 2.24) is 19.8 Å².